The molecule has 0 aliphatic carbocycles. The van der Waals surface area contributed by atoms with Gasteiger partial charge in [-0.3, -0.25) is 4.68 Å². The molecule has 1 N–H and O–H groups in total. The summed E-state index contributed by atoms with van der Waals surface area (Å²) in [6.45, 7) is 7.17. The number of aromatic nitrogens is 4. The lowest BCUT2D eigenvalue weighted by molar-refractivity contribution is 0.355. The molecule has 0 radical (unpaired) electrons. The van der Waals surface area contributed by atoms with Crippen molar-refractivity contribution in [2.24, 2.45) is 0 Å². The predicted molar refractivity (Wildman–Crippen MR) is 79.7 cm³/mol. The van der Waals surface area contributed by atoms with E-state index in [-0.39, 0.29) is 5.54 Å². The van der Waals surface area contributed by atoms with Gasteiger partial charge in [-0.2, -0.15) is 10.2 Å². The Balaban J connectivity index is 1.75. The van der Waals surface area contributed by atoms with E-state index in [4.69, 9.17) is 0 Å². The maximum Gasteiger partial charge on any atom is 0.0893 e. The second kappa shape index (κ2) is 4.67. The van der Waals surface area contributed by atoms with Gasteiger partial charge in [0.1, 0.15) is 0 Å². The van der Waals surface area contributed by atoms with Crippen LogP contribution in [0, 0.1) is 0 Å². The number of rotatable bonds is 3. The van der Waals surface area contributed by atoms with E-state index in [9.17, 15) is 0 Å². The van der Waals surface area contributed by atoms with Gasteiger partial charge >= 0.3 is 0 Å². The van der Waals surface area contributed by atoms with Crippen LogP contribution in [0.4, 0.5) is 5.69 Å². The van der Waals surface area contributed by atoms with Gasteiger partial charge in [-0.05, 0) is 32.9 Å². The minimum Gasteiger partial charge on any atom is -0.378 e. The average molecular weight is 269 g/mol. The molecule has 3 aromatic heterocycles. The standard InChI is InChI=1S/C15H19N5/c1-15(2,3)20-11-12(9-18-20)8-16-13-10-17-19-7-5-4-6-14(13)19/h4-7,9-11,16H,8H2,1-3H3. The largest absolute Gasteiger partial charge is 0.378 e. The molecule has 5 nitrogen and oxygen atoms in total. The topological polar surface area (TPSA) is 47.2 Å². The van der Waals surface area contributed by atoms with Crippen molar-refractivity contribution in [2.75, 3.05) is 5.32 Å². The molecule has 0 aromatic carbocycles. The molecule has 3 heterocycles. The minimum atomic E-state index is 0.0165. The summed E-state index contributed by atoms with van der Waals surface area (Å²) < 4.78 is 3.85. The van der Waals surface area contributed by atoms with Gasteiger partial charge in [0.05, 0.1) is 29.1 Å². The molecule has 0 aliphatic rings. The van der Waals surface area contributed by atoms with Crippen LogP contribution in [0.15, 0.2) is 43.0 Å². The van der Waals surface area contributed by atoms with E-state index < -0.39 is 0 Å². The Morgan fingerprint density at radius 3 is 2.75 bits per heavy atom. The van der Waals surface area contributed by atoms with E-state index in [0.29, 0.717) is 0 Å². The molecule has 3 rings (SSSR count). The van der Waals surface area contributed by atoms with E-state index in [1.54, 1.807) is 0 Å². The Morgan fingerprint density at radius 2 is 2.00 bits per heavy atom. The van der Waals surface area contributed by atoms with E-state index in [1.807, 2.05) is 46.0 Å². The van der Waals surface area contributed by atoms with Gasteiger partial charge in [-0.1, -0.05) is 6.07 Å². The summed E-state index contributed by atoms with van der Waals surface area (Å²) in [5.74, 6) is 0. The van der Waals surface area contributed by atoms with E-state index in [0.717, 1.165) is 23.3 Å². The fourth-order valence-corrected chi connectivity index (χ4v) is 2.09. The first-order valence-electron chi connectivity index (χ1n) is 6.74. The minimum absolute atomic E-state index is 0.0165. The second-order valence-electron chi connectivity index (χ2n) is 5.91. The van der Waals surface area contributed by atoms with Crippen molar-refractivity contribution >= 4 is 11.2 Å². The fraction of sp³-hybridized carbons (Fsp3) is 0.333. The van der Waals surface area contributed by atoms with Crippen molar-refractivity contribution < 1.29 is 0 Å². The highest BCUT2D eigenvalue weighted by Crippen LogP contribution is 2.18. The van der Waals surface area contributed by atoms with Crippen LogP contribution in [0.25, 0.3) is 5.52 Å². The maximum absolute atomic E-state index is 4.41. The smallest absolute Gasteiger partial charge is 0.0893 e. The van der Waals surface area contributed by atoms with Gasteiger partial charge in [-0.25, -0.2) is 4.52 Å². The van der Waals surface area contributed by atoms with Gasteiger partial charge in [0.15, 0.2) is 0 Å². The lowest BCUT2D eigenvalue weighted by atomic mass is 10.1. The zero-order chi connectivity index (χ0) is 14.2. The number of nitrogens with zero attached hydrogens (tertiary/aromatic N) is 4. The fourth-order valence-electron chi connectivity index (χ4n) is 2.09. The molecule has 3 aromatic rings. The Labute approximate surface area is 118 Å². The first kappa shape index (κ1) is 12.7. The van der Waals surface area contributed by atoms with Crippen molar-refractivity contribution in [1.29, 1.82) is 0 Å². The molecule has 0 unspecified atom stereocenters. The van der Waals surface area contributed by atoms with Gasteiger partial charge < -0.3 is 5.32 Å². The summed E-state index contributed by atoms with van der Waals surface area (Å²) in [5.41, 5.74) is 3.29. The Bertz CT molecular complexity index is 717. The molecule has 0 spiro atoms. The molecule has 0 saturated carbocycles. The summed E-state index contributed by atoms with van der Waals surface area (Å²) in [6.07, 6.45) is 7.78. The summed E-state index contributed by atoms with van der Waals surface area (Å²) >= 11 is 0. The molecular weight excluding hydrogens is 250 g/mol. The Morgan fingerprint density at radius 1 is 1.15 bits per heavy atom. The van der Waals surface area contributed by atoms with Gasteiger partial charge in [0.2, 0.25) is 0 Å². The molecule has 0 fully saturated rings. The number of nitrogens with one attached hydrogen (secondary N) is 1. The highest BCUT2D eigenvalue weighted by atomic mass is 15.3. The Hall–Kier alpha value is -2.30. The van der Waals surface area contributed by atoms with E-state index >= 15 is 0 Å². The molecule has 20 heavy (non-hydrogen) atoms. The number of anilines is 1. The highest BCUT2D eigenvalue weighted by molar-refractivity contribution is 5.70. The van der Waals surface area contributed by atoms with Crippen LogP contribution in [0.1, 0.15) is 26.3 Å². The summed E-state index contributed by atoms with van der Waals surface area (Å²) in [4.78, 5) is 0. The lowest BCUT2D eigenvalue weighted by Crippen LogP contribution is -2.21. The number of fused-ring (bicyclic) bond motifs is 1. The van der Waals surface area contributed by atoms with Crippen molar-refractivity contribution in [1.82, 2.24) is 19.4 Å². The third-order valence-electron chi connectivity index (χ3n) is 3.23. The van der Waals surface area contributed by atoms with Crippen LogP contribution < -0.4 is 5.32 Å². The van der Waals surface area contributed by atoms with Gasteiger partial charge in [0.25, 0.3) is 0 Å². The van der Waals surface area contributed by atoms with Crippen molar-refractivity contribution in [2.45, 2.75) is 32.9 Å². The monoisotopic (exact) mass is 269 g/mol. The molecule has 104 valence electrons. The molecule has 5 heteroatoms. The number of pyridine rings is 1. The van der Waals surface area contributed by atoms with Crippen molar-refractivity contribution in [3.63, 3.8) is 0 Å². The lowest BCUT2D eigenvalue weighted by Gasteiger charge is -2.18. The van der Waals surface area contributed by atoms with Crippen LogP contribution in [-0.2, 0) is 12.1 Å². The van der Waals surface area contributed by atoms with Crippen molar-refractivity contribution in [3.05, 3.63) is 48.5 Å². The molecule has 0 atom stereocenters. The zero-order valence-corrected chi connectivity index (χ0v) is 12.0. The highest BCUT2D eigenvalue weighted by Gasteiger charge is 2.13. The second-order valence-corrected chi connectivity index (χ2v) is 5.91. The van der Waals surface area contributed by atoms with Crippen LogP contribution in [-0.4, -0.2) is 19.4 Å². The number of hydrogen-bond acceptors (Lipinski definition) is 3. The van der Waals surface area contributed by atoms with Crippen LogP contribution in [0.2, 0.25) is 0 Å². The maximum atomic E-state index is 4.41. The Kier molecular flexibility index (Phi) is 2.97. The normalized spacial score (nSPS) is 11.9. The van der Waals surface area contributed by atoms with Gasteiger partial charge in [-0.15, -0.1) is 0 Å². The third-order valence-corrected chi connectivity index (χ3v) is 3.23. The zero-order valence-electron chi connectivity index (χ0n) is 12.0. The summed E-state index contributed by atoms with van der Waals surface area (Å²) in [7, 11) is 0. The number of hydrogen-bond donors (Lipinski definition) is 1. The third kappa shape index (κ3) is 2.39. The molecule has 0 saturated heterocycles. The van der Waals surface area contributed by atoms with E-state index in [2.05, 4.69) is 42.5 Å². The summed E-state index contributed by atoms with van der Waals surface area (Å²) in [5, 5.41) is 12.1. The van der Waals surface area contributed by atoms with Crippen LogP contribution in [0.5, 0.6) is 0 Å². The first-order valence-corrected chi connectivity index (χ1v) is 6.74. The molecule has 0 aliphatic heterocycles. The van der Waals surface area contributed by atoms with Crippen LogP contribution >= 0.6 is 0 Å². The molecule has 0 bridgehead atoms. The predicted octanol–water partition coefficient (Wildman–Crippen LogP) is 2.90. The molecule has 0 amide bonds. The summed E-state index contributed by atoms with van der Waals surface area (Å²) in [6, 6.07) is 6.03. The average Bonchev–Trinajstić information content (AvgIpc) is 3.02. The first-order chi connectivity index (χ1) is 9.54. The van der Waals surface area contributed by atoms with Crippen molar-refractivity contribution in [3.8, 4) is 0 Å². The van der Waals surface area contributed by atoms with Gasteiger partial charge in [0, 0.05) is 24.5 Å². The SMILES string of the molecule is CC(C)(C)n1cc(CNc2cnn3ccccc23)cn1. The van der Waals surface area contributed by atoms with E-state index in [1.165, 1.54) is 0 Å². The quantitative estimate of drug-likeness (QED) is 0.795. The van der Waals surface area contributed by atoms with Crippen LogP contribution in [0.3, 0.4) is 0 Å². The molecular formula is C15H19N5.